The highest BCUT2D eigenvalue weighted by molar-refractivity contribution is 6.00. The van der Waals surface area contributed by atoms with Crippen molar-refractivity contribution in [1.29, 1.82) is 0 Å². The van der Waals surface area contributed by atoms with Crippen molar-refractivity contribution >= 4 is 17.3 Å². The summed E-state index contributed by atoms with van der Waals surface area (Å²) < 4.78 is 1.72. The highest BCUT2D eigenvalue weighted by atomic mass is 16.2. The first-order valence-electron chi connectivity index (χ1n) is 10.9. The molecule has 29 heavy (non-hydrogen) atoms. The number of hydrogen-bond acceptors (Lipinski definition) is 3. The van der Waals surface area contributed by atoms with Crippen molar-refractivity contribution in [1.82, 2.24) is 20.2 Å². The molecule has 0 aromatic carbocycles. The van der Waals surface area contributed by atoms with Crippen LogP contribution in [0.15, 0.2) is 30.6 Å². The minimum Gasteiger partial charge on any atom is -0.356 e. The SMILES string of the molecule is CC1(C)C(CNC(=O)C2C3(CC3)C23CC3)CC1NC(=O)c1cnn2ccccc12. The molecule has 0 bridgehead atoms. The zero-order valence-corrected chi connectivity index (χ0v) is 17.1. The molecule has 0 radical (unpaired) electrons. The Morgan fingerprint density at radius 3 is 2.55 bits per heavy atom. The average molecular weight is 393 g/mol. The molecule has 152 valence electrons. The molecule has 4 fully saturated rings. The van der Waals surface area contributed by atoms with Crippen molar-refractivity contribution in [3.05, 3.63) is 36.2 Å². The monoisotopic (exact) mass is 392 g/mol. The molecule has 2 unspecified atom stereocenters. The van der Waals surface area contributed by atoms with Crippen molar-refractivity contribution in [2.75, 3.05) is 6.54 Å². The zero-order valence-electron chi connectivity index (χ0n) is 17.1. The second-order valence-corrected chi connectivity index (χ2v) is 10.4. The van der Waals surface area contributed by atoms with Crippen molar-refractivity contribution in [3.8, 4) is 0 Å². The Balaban J connectivity index is 1.06. The number of nitrogens with zero attached hydrogens (tertiary/aromatic N) is 2. The van der Waals surface area contributed by atoms with Crippen molar-refractivity contribution < 1.29 is 9.59 Å². The van der Waals surface area contributed by atoms with E-state index in [-0.39, 0.29) is 23.3 Å². The van der Waals surface area contributed by atoms with Crippen LogP contribution in [-0.2, 0) is 4.79 Å². The Kier molecular flexibility index (Phi) is 3.26. The van der Waals surface area contributed by atoms with Gasteiger partial charge in [0.05, 0.1) is 23.2 Å². The standard InChI is InChI=1S/C23H28N4O2/c1-21(2)14(12-24-20(29)18-22(6-7-22)23(18)8-9-23)11-17(21)26-19(28)15-13-25-27-10-4-3-5-16(15)27/h3-5,10,13-14,17-18H,6-9,11-12H2,1-2H3,(H,24,29)(H,26,28). The molecule has 2 spiro atoms. The highest BCUT2D eigenvalue weighted by Gasteiger charge is 2.88. The van der Waals surface area contributed by atoms with Gasteiger partial charge in [-0.05, 0) is 66.4 Å². The summed E-state index contributed by atoms with van der Waals surface area (Å²) >= 11 is 0. The summed E-state index contributed by atoms with van der Waals surface area (Å²) in [6, 6.07) is 5.83. The van der Waals surface area contributed by atoms with Gasteiger partial charge in [-0.3, -0.25) is 9.59 Å². The number of carbonyl (C=O) groups excluding carboxylic acids is 2. The van der Waals surface area contributed by atoms with Crippen LogP contribution in [-0.4, -0.2) is 34.0 Å². The number of nitrogens with one attached hydrogen (secondary N) is 2. The van der Waals surface area contributed by atoms with E-state index in [2.05, 4.69) is 29.6 Å². The number of pyridine rings is 1. The van der Waals surface area contributed by atoms with Crippen LogP contribution in [0, 0.1) is 28.1 Å². The summed E-state index contributed by atoms with van der Waals surface area (Å²) in [4.78, 5) is 25.5. The minimum absolute atomic E-state index is 0.0377. The van der Waals surface area contributed by atoms with Crippen LogP contribution in [0.1, 0.15) is 56.3 Å². The Hall–Kier alpha value is -2.37. The largest absolute Gasteiger partial charge is 0.356 e. The predicted octanol–water partition coefficient (Wildman–Crippen LogP) is 2.79. The second-order valence-electron chi connectivity index (χ2n) is 10.4. The molecule has 6 rings (SSSR count). The molecule has 0 aliphatic heterocycles. The predicted molar refractivity (Wildman–Crippen MR) is 108 cm³/mol. The van der Waals surface area contributed by atoms with Crippen LogP contribution in [0.2, 0.25) is 0 Å². The first-order valence-corrected chi connectivity index (χ1v) is 10.9. The molecule has 2 aromatic heterocycles. The van der Waals surface area contributed by atoms with Gasteiger partial charge < -0.3 is 10.6 Å². The third-order valence-electron chi connectivity index (χ3n) is 8.82. The fraction of sp³-hybridized carbons (Fsp3) is 0.609. The molecule has 4 aliphatic carbocycles. The molecular weight excluding hydrogens is 364 g/mol. The van der Waals surface area contributed by atoms with Crippen LogP contribution in [0.5, 0.6) is 0 Å². The summed E-state index contributed by atoms with van der Waals surface area (Å²) in [7, 11) is 0. The molecule has 6 nitrogen and oxygen atoms in total. The molecule has 2 N–H and O–H groups in total. The van der Waals surface area contributed by atoms with Crippen LogP contribution < -0.4 is 10.6 Å². The van der Waals surface area contributed by atoms with E-state index in [1.54, 1.807) is 10.7 Å². The number of hydrogen-bond donors (Lipinski definition) is 2. The molecule has 4 saturated carbocycles. The van der Waals surface area contributed by atoms with E-state index < -0.39 is 0 Å². The van der Waals surface area contributed by atoms with Gasteiger partial charge >= 0.3 is 0 Å². The van der Waals surface area contributed by atoms with E-state index in [9.17, 15) is 9.59 Å². The van der Waals surface area contributed by atoms with Gasteiger partial charge in [-0.15, -0.1) is 0 Å². The van der Waals surface area contributed by atoms with Crippen LogP contribution >= 0.6 is 0 Å². The summed E-state index contributed by atoms with van der Waals surface area (Å²) in [6.45, 7) is 5.10. The summed E-state index contributed by atoms with van der Waals surface area (Å²) in [5, 5.41) is 10.7. The van der Waals surface area contributed by atoms with Gasteiger partial charge in [0, 0.05) is 18.8 Å². The maximum absolute atomic E-state index is 12.8. The highest BCUT2D eigenvalue weighted by Crippen LogP contribution is 2.92. The van der Waals surface area contributed by atoms with Gasteiger partial charge in [-0.2, -0.15) is 5.10 Å². The molecule has 0 saturated heterocycles. The lowest BCUT2D eigenvalue weighted by Crippen LogP contribution is -2.60. The fourth-order valence-electron chi connectivity index (χ4n) is 6.36. The summed E-state index contributed by atoms with van der Waals surface area (Å²) in [6.07, 6.45) is 9.42. The van der Waals surface area contributed by atoms with E-state index in [0.29, 0.717) is 28.2 Å². The first-order chi connectivity index (χ1) is 13.9. The summed E-state index contributed by atoms with van der Waals surface area (Å²) in [5.41, 5.74) is 2.22. The van der Waals surface area contributed by atoms with E-state index in [4.69, 9.17) is 0 Å². The van der Waals surface area contributed by atoms with Gasteiger partial charge in [0.25, 0.3) is 5.91 Å². The molecule has 4 aliphatic rings. The number of rotatable bonds is 5. The Morgan fingerprint density at radius 1 is 1.17 bits per heavy atom. The summed E-state index contributed by atoms with van der Waals surface area (Å²) in [5.74, 6) is 0.903. The lowest BCUT2D eigenvalue weighted by molar-refractivity contribution is -0.124. The lowest BCUT2D eigenvalue weighted by Gasteiger charge is -2.52. The molecule has 2 heterocycles. The van der Waals surface area contributed by atoms with E-state index in [0.717, 1.165) is 18.5 Å². The Bertz CT molecular complexity index is 1010. The first kappa shape index (κ1) is 17.5. The van der Waals surface area contributed by atoms with E-state index in [1.807, 2.05) is 24.4 Å². The van der Waals surface area contributed by atoms with Crippen LogP contribution in [0.4, 0.5) is 0 Å². The maximum Gasteiger partial charge on any atom is 0.255 e. The Morgan fingerprint density at radius 2 is 1.90 bits per heavy atom. The molecule has 2 atom stereocenters. The number of aromatic nitrogens is 2. The second kappa shape index (κ2) is 5.41. The number of carbonyl (C=O) groups is 2. The molecule has 6 heteroatoms. The van der Waals surface area contributed by atoms with Crippen LogP contribution in [0.25, 0.3) is 5.52 Å². The smallest absolute Gasteiger partial charge is 0.255 e. The van der Waals surface area contributed by atoms with Crippen molar-refractivity contribution in [2.24, 2.45) is 28.1 Å². The van der Waals surface area contributed by atoms with Crippen molar-refractivity contribution in [3.63, 3.8) is 0 Å². The third kappa shape index (κ3) is 2.26. The average Bonchev–Trinajstić information content (AvgIpc) is 3.66. The fourth-order valence-corrected chi connectivity index (χ4v) is 6.36. The van der Waals surface area contributed by atoms with Gasteiger partial charge in [-0.25, -0.2) is 4.52 Å². The van der Waals surface area contributed by atoms with E-state index >= 15 is 0 Å². The third-order valence-corrected chi connectivity index (χ3v) is 8.82. The Labute approximate surface area is 170 Å². The lowest BCUT2D eigenvalue weighted by atomic mass is 9.58. The maximum atomic E-state index is 12.8. The molecule has 2 amide bonds. The zero-order chi connectivity index (χ0) is 20.0. The normalized spacial score (nSPS) is 29.4. The van der Waals surface area contributed by atoms with Gasteiger partial charge in [0.2, 0.25) is 5.91 Å². The minimum atomic E-state index is -0.0731. The molecular formula is C23H28N4O2. The van der Waals surface area contributed by atoms with Gasteiger partial charge in [0.15, 0.2) is 0 Å². The quantitative estimate of drug-likeness (QED) is 0.822. The van der Waals surface area contributed by atoms with Gasteiger partial charge in [-0.1, -0.05) is 19.9 Å². The topological polar surface area (TPSA) is 75.5 Å². The number of fused-ring (bicyclic) bond motifs is 2. The number of amides is 2. The van der Waals surface area contributed by atoms with Gasteiger partial charge in [0.1, 0.15) is 0 Å². The molecule has 2 aromatic rings. The van der Waals surface area contributed by atoms with E-state index in [1.165, 1.54) is 25.7 Å². The van der Waals surface area contributed by atoms with Crippen LogP contribution in [0.3, 0.4) is 0 Å². The van der Waals surface area contributed by atoms with Crippen molar-refractivity contribution in [2.45, 2.75) is 52.0 Å².